The number of amidine groups is 1. The normalized spacial score (nSPS) is 9.60. The summed E-state index contributed by atoms with van der Waals surface area (Å²) in [6, 6.07) is 4.38. The van der Waals surface area contributed by atoms with Crippen LogP contribution < -0.4 is 10.5 Å². The van der Waals surface area contributed by atoms with Crippen molar-refractivity contribution in [3.8, 4) is 5.75 Å². The maximum Gasteiger partial charge on any atom is 0.137 e. The molecule has 0 radical (unpaired) electrons. The van der Waals surface area contributed by atoms with E-state index in [4.69, 9.17) is 15.9 Å². The third-order valence-corrected chi connectivity index (χ3v) is 1.61. The first-order chi connectivity index (χ1) is 6.52. The van der Waals surface area contributed by atoms with Gasteiger partial charge in [0.05, 0.1) is 11.7 Å². The van der Waals surface area contributed by atoms with Crippen molar-refractivity contribution >= 4 is 18.2 Å². The highest BCUT2D eigenvalue weighted by Gasteiger charge is 2.12. The minimum Gasteiger partial charge on any atom is -0.490 e. The van der Waals surface area contributed by atoms with E-state index in [2.05, 4.69) is 0 Å². The fraction of sp³-hybridized carbons (Fsp3) is 0.300. The van der Waals surface area contributed by atoms with Gasteiger partial charge in [-0.2, -0.15) is 0 Å². The Morgan fingerprint density at radius 2 is 2.07 bits per heavy atom. The summed E-state index contributed by atoms with van der Waals surface area (Å²) in [4.78, 5) is 0. The molecule has 0 amide bonds. The van der Waals surface area contributed by atoms with Crippen LogP contribution in [0.1, 0.15) is 19.4 Å². The van der Waals surface area contributed by atoms with Gasteiger partial charge in [-0.15, -0.1) is 12.4 Å². The quantitative estimate of drug-likeness (QED) is 0.621. The number of benzene rings is 1. The first-order valence-corrected chi connectivity index (χ1v) is 4.32. The lowest BCUT2D eigenvalue weighted by Gasteiger charge is -2.13. The Balaban J connectivity index is 0.00000196. The largest absolute Gasteiger partial charge is 0.490 e. The second-order valence-electron chi connectivity index (χ2n) is 3.19. The Morgan fingerprint density at radius 1 is 1.47 bits per heavy atom. The number of hydrogen-bond acceptors (Lipinski definition) is 2. The molecule has 0 unspecified atom stereocenters. The van der Waals surface area contributed by atoms with Gasteiger partial charge in [0.15, 0.2) is 0 Å². The maximum atomic E-state index is 13.3. The molecule has 0 atom stereocenters. The van der Waals surface area contributed by atoms with E-state index in [1.807, 2.05) is 13.8 Å². The van der Waals surface area contributed by atoms with Gasteiger partial charge in [-0.3, -0.25) is 5.41 Å². The maximum absolute atomic E-state index is 13.3. The van der Waals surface area contributed by atoms with E-state index in [9.17, 15) is 4.39 Å². The molecule has 0 fully saturated rings. The first-order valence-electron chi connectivity index (χ1n) is 4.32. The van der Waals surface area contributed by atoms with Crippen molar-refractivity contribution in [2.24, 2.45) is 5.73 Å². The highest BCUT2D eigenvalue weighted by Crippen LogP contribution is 2.21. The van der Waals surface area contributed by atoms with Crippen molar-refractivity contribution in [2.45, 2.75) is 20.0 Å². The molecule has 1 aromatic rings. The van der Waals surface area contributed by atoms with Crippen LogP contribution in [-0.4, -0.2) is 11.9 Å². The molecule has 0 aromatic heterocycles. The van der Waals surface area contributed by atoms with Crippen LogP contribution in [0.15, 0.2) is 18.2 Å². The van der Waals surface area contributed by atoms with Gasteiger partial charge in [-0.05, 0) is 26.0 Å². The lowest BCUT2D eigenvalue weighted by atomic mass is 10.1. The van der Waals surface area contributed by atoms with Crippen LogP contribution in [0.3, 0.4) is 0 Å². The van der Waals surface area contributed by atoms with E-state index < -0.39 is 5.82 Å². The summed E-state index contributed by atoms with van der Waals surface area (Å²) in [6.07, 6.45) is -0.0742. The molecule has 5 heteroatoms. The summed E-state index contributed by atoms with van der Waals surface area (Å²) >= 11 is 0. The van der Waals surface area contributed by atoms with E-state index in [0.29, 0.717) is 5.75 Å². The highest BCUT2D eigenvalue weighted by atomic mass is 35.5. The number of halogens is 2. The van der Waals surface area contributed by atoms with Crippen LogP contribution in [0.2, 0.25) is 0 Å². The topological polar surface area (TPSA) is 59.1 Å². The van der Waals surface area contributed by atoms with Gasteiger partial charge >= 0.3 is 0 Å². The predicted molar refractivity (Wildman–Crippen MR) is 60.4 cm³/mol. The molecule has 0 heterocycles. The molecular weight excluding hydrogens is 219 g/mol. The molecule has 0 saturated heterocycles. The van der Waals surface area contributed by atoms with Crippen LogP contribution in [-0.2, 0) is 0 Å². The smallest absolute Gasteiger partial charge is 0.137 e. The van der Waals surface area contributed by atoms with E-state index >= 15 is 0 Å². The Kier molecular flexibility index (Phi) is 5.08. The van der Waals surface area contributed by atoms with Gasteiger partial charge < -0.3 is 10.5 Å². The van der Waals surface area contributed by atoms with E-state index in [0.717, 1.165) is 0 Å². The van der Waals surface area contributed by atoms with Gasteiger partial charge in [0.25, 0.3) is 0 Å². The number of nitrogen functional groups attached to an aromatic ring is 1. The fourth-order valence-electron chi connectivity index (χ4n) is 1.12. The average Bonchev–Trinajstić information content (AvgIpc) is 2.01. The van der Waals surface area contributed by atoms with Crippen molar-refractivity contribution in [2.75, 3.05) is 0 Å². The van der Waals surface area contributed by atoms with Gasteiger partial charge in [-0.25, -0.2) is 4.39 Å². The van der Waals surface area contributed by atoms with Gasteiger partial charge in [0, 0.05) is 0 Å². The number of nitrogens with two attached hydrogens (primary N) is 1. The van der Waals surface area contributed by atoms with Crippen molar-refractivity contribution in [1.29, 1.82) is 5.41 Å². The lowest BCUT2D eigenvalue weighted by molar-refractivity contribution is 0.241. The SMILES string of the molecule is CC(C)Oc1cccc(F)c1C(=N)N.Cl. The Labute approximate surface area is 94.3 Å². The predicted octanol–water partition coefficient (Wildman–Crippen LogP) is 2.32. The third kappa shape index (κ3) is 3.40. The third-order valence-electron chi connectivity index (χ3n) is 1.61. The zero-order valence-electron chi connectivity index (χ0n) is 8.58. The molecule has 84 valence electrons. The Morgan fingerprint density at radius 3 is 2.53 bits per heavy atom. The summed E-state index contributed by atoms with van der Waals surface area (Å²) in [5.74, 6) is -0.540. The highest BCUT2D eigenvalue weighted by molar-refractivity contribution is 5.97. The molecule has 0 aliphatic rings. The van der Waals surface area contributed by atoms with Crippen LogP contribution in [0.4, 0.5) is 4.39 Å². The molecule has 0 saturated carbocycles. The van der Waals surface area contributed by atoms with E-state index in [1.165, 1.54) is 12.1 Å². The average molecular weight is 233 g/mol. The summed E-state index contributed by atoms with van der Waals surface area (Å²) in [5, 5.41) is 7.22. The fourth-order valence-corrected chi connectivity index (χ4v) is 1.12. The molecule has 1 rings (SSSR count). The molecule has 3 nitrogen and oxygen atoms in total. The van der Waals surface area contributed by atoms with Crippen molar-refractivity contribution < 1.29 is 9.13 Å². The monoisotopic (exact) mass is 232 g/mol. The summed E-state index contributed by atoms with van der Waals surface area (Å²) in [7, 11) is 0. The number of hydrogen-bond donors (Lipinski definition) is 2. The molecule has 1 aromatic carbocycles. The molecule has 0 spiro atoms. The number of rotatable bonds is 3. The lowest BCUT2D eigenvalue weighted by Crippen LogP contribution is -2.17. The molecule has 15 heavy (non-hydrogen) atoms. The molecule has 3 N–H and O–H groups in total. The zero-order valence-corrected chi connectivity index (χ0v) is 9.40. The summed E-state index contributed by atoms with van der Waals surface area (Å²) < 4.78 is 18.6. The number of nitrogens with one attached hydrogen (secondary N) is 1. The summed E-state index contributed by atoms with van der Waals surface area (Å²) in [6.45, 7) is 3.66. The Hall–Kier alpha value is -1.29. The van der Waals surface area contributed by atoms with Gasteiger partial charge in [-0.1, -0.05) is 6.07 Å². The van der Waals surface area contributed by atoms with Gasteiger partial charge in [0.2, 0.25) is 0 Å². The van der Waals surface area contributed by atoms with Crippen LogP contribution in [0, 0.1) is 11.2 Å². The van der Waals surface area contributed by atoms with Crippen LogP contribution >= 0.6 is 12.4 Å². The number of ether oxygens (including phenoxy) is 1. The second-order valence-corrected chi connectivity index (χ2v) is 3.19. The molecule has 0 bridgehead atoms. The van der Waals surface area contributed by atoms with E-state index in [-0.39, 0.29) is 29.9 Å². The van der Waals surface area contributed by atoms with Crippen molar-refractivity contribution in [3.63, 3.8) is 0 Å². The van der Waals surface area contributed by atoms with E-state index in [1.54, 1.807) is 6.07 Å². The van der Waals surface area contributed by atoms with Crippen LogP contribution in [0.5, 0.6) is 5.75 Å². The minimum atomic E-state index is -0.532. The van der Waals surface area contributed by atoms with Gasteiger partial charge in [0.1, 0.15) is 17.4 Å². The minimum absolute atomic E-state index is 0. The van der Waals surface area contributed by atoms with Crippen molar-refractivity contribution in [1.82, 2.24) is 0 Å². The standard InChI is InChI=1S/C10H13FN2O.ClH/c1-6(2)14-8-5-3-4-7(11)9(8)10(12)13;/h3-6H,1-2H3,(H3,12,13);1H. The second kappa shape index (κ2) is 5.56. The molecule has 0 aliphatic carbocycles. The van der Waals surface area contributed by atoms with Crippen molar-refractivity contribution in [3.05, 3.63) is 29.6 Å². The zero-order chi connectivity index (χ0) is 10.7. The first kappa shape index (κ1) is 13.7. The molecular formula is C10H14ClFN2O. The summed E-state index contributed by atoms with van der Waals surface area (Å²) in [5.41, 5.74) is 5.28. The Bertz CT molecular complexity index is 355. The van der Waals surface area contributed by atoms with Crippen LogP contribution in [0.25, 0.3) is 0 Å². The molecule has 0 aliphatic heterocycles.